The van der Waals surface area contributed by atoms with Gasteiger partial charge in [-0.15, -0.1) is 0 Å². The Morgan fingerprint density at radius 2 is 1.88 bits per heavy atom. The highest BCUT2D eigenvalue weighted by molar-refractivity contribution is 5.76. The lowest BCUT2D eigenvalue weighted by Gasteiger charge is -2.13. The molecule has 1 aliphatic rings. The molecule has 0 bridgehead atoms. The van der Waals surface area contributed by atoms with Gasteiger partial charge in [-0.3, -0.25) is 4.79 Å². The predicted molar refractivity (Wildman–Crippen MR) is 112 cm³/mol. The van der Waals surface area contributed by atoms with Crippen molar-refractivity contribution in [2.45, 2.75) is 57.3 Å². The molecule has 3 rings (SSSR count). The Balaban J connectivity index is 1.43. The standard InChI is InChI=1S/C23H27F3N2O4/c1-30-20-12-16(6-9-19(20)31-15-23(24,25)26)7-10-21(29)27-13-17-8-11-22(28-14-17)32-18-4-2-3-5-18/h6,8-9,11-12,14,18H,2-5,7,10,13,15H2,1H3,(H,27,29). The second-order valence-electron chi connectivity index (χ2n) is 7.69. The van der Waals surface area contributed by atoms with Gasteiger partial charge in [-0.25, -0.2) is 4.98 Å². The maximum atomic E-state index is 12.3. The van der Waals surface area contributed by atoms with Crippen molar-refractivity contribution in [3.05, 3.63) is 47.7 Å². The Bertz CT molecular complexity index is 882. The van der Waals surface area contributed by atoms with Crippen LogP contribution >= 0.6 is 0 Å². The summed E-state index contributed by atoms with van der Waals surface area (Å²) >= 11 is 0. The van der Waals surface area contributed by atoms with E-state index >= 15 is 0 Å². The number of aromatic nitrogens is 1. The van der Waals surface area contributed by atoms with Crippen LogP contribution in [0.5, 0.6) is 17.4 Å². The summed E-state index contributed by atoms with van der Waals surface area (Å²) < 4.78 is 52.7. The van der Waals surface area contributed by atoms with Crippen molar-refractivity contribution in [2.75, 3.05) is 13.7 Å². The molecule has 174 valence electrons. The molecule has 1 N–H and O–H groups in total. The highest BCUT2D eigenvalue weighted by Crippen LogP contribution is 2.30. The van der Waals surface area contributed by atoms with E-state index in [4.69, 9.17) is 14.2 Å². The van der Waals surface area contributed by atoms with Gasteiger partial charge in [-0.2, -0.15) is 13.2 Å². The minimum atomic E-state index is -4.43. The number of aryl methyl sites for hydroxylation is 1. The quantitative estimate of drug-likeness (QED) is 0.571. The van der Waals surface area contributed by atoms with Gasteiger partial charge in [0.1, 0.15) is 6.10 Å². The minimum absolute atomic E-state index is 0.00545. The van der Waals surface area contributed by atoms with Gasteiger partial charge in [0.05, 0.1) is 7.11 Å². The van der Waals surface area contributed by atoms with Gasteiger partial charge >= 0.3 is 6.18 Å². The molecule has 2 aromatic rings. The third kappa shape index (κ3) is 7.62. The van der Waals surface area contributed by atoms with Crippen LogP contribution in [0.15, 0.2) is 36.5 Å². The second-order valence-corrected chi connectivity index (χ2v) is 7.69. The van der Waals surface area contributed by atoms with Crippen LogP contribution in [-0.4, -0.2) is 36.9 Å². The molecular formula is C23H27F3N2O4. The van der Waals surface area contributed by atoms with E-state index < -0.39 is 12.8 Å². The van der Waals surface area contributed by atoms with E-state index in [0.29, 0.717) is 18.8 Å². The van der Waals surface area contributed by atoms with Crippen molar-refractivity contribution in [1.82, 2.24) is 10.3 Å². The number of rotatable bonds is 10. The average molecular weight is 452 g/mol. The molecule has 0 radical (unpaired) electrons. The van der Waals surface area contributed by atoms with Crippen molar-refractivity contribution in [3.63, 3.8) is 0 Å². The number of amides is 1. The van der Waals surface area contributed by atoms with Crippen LogP contribution < -0.4 is 19.5 Å². The molecule has 1 aliphatic carbocycles. The number of nitrogens with zero attached hydrogens (tertiary/aromatic N) is 1. The molecule has 32 heavy (non-hydrogen) atoms. The molecule has 1 amide bonds. The lowest BCUT2D eigenvalue weighted by atomic mass is 10.1. The molecule has 1 saturated carbocycles. The molecule has 0 unspecified atom stereocenters. The van der Waals surface area contributed by atoms with Crippen LogP contribution in [0.3, 0.4) is 0 Å². The van der Waals surface area contributed by atoms with E-state index in [2.05, 4.69) is 10.3 Å². The topological polar surface area (TPSA) is 69.7 Å². The Morgan fingerprint density at radius 1 is 1.12 bits per heavy atom. The number of ether oxygens (including phenoxy) is 3. The Kier molecular flexibility index (Phi) is 8.19. The van der Waals surface area contributed by atoms with Crippen LogP contribution in [0.4, 0.5) is 13.2 Å². The fourth-order valence-corrected chi connectivity index (χ4v) is 3.46. The molecule has 9 heteroatoms. The fraction of sp³-hybridized carbons (Fsp3) is 0.478. The third-order valence-electron chi connectivity index (χ3n) is 5.14. The first-order chi connectivity index (χ1) is 15.3. The van der Waals surface area contributed by atoms with Gasteiger partial charge < -0.3 is 19.5 Å². The monoisotopic (exact) mass is 452 g/mol. The largest absolute Gasteiger partial charge is 0.493 e. The summed E-state index contributed by atoms with van der Waals surface area (Å²) in [6.45, 7) is -1.04. The van der Waals surface area contributed by atoms with Crippen LogP contribution in [0, 0.1) is 0 Å². The molecule has 0 saturated heterocycles. The first kappa shape index (κ1) is 23.7. The van der Waals surface area contributed by atoms with Crippen LogP contribution in [0.1, 0.15) is 43.2 Å². The van der Waals surface area contributed by atoms with Gasteiger partial charge in [0, 0.05) is 25.2 Å². The first-order valence-electron chi connectivity index (χ1n) is 10.6. The second kappa shape index (κ2) is 11.1. The van der Waals surface area contributed by atoms with Crippen LogP contribution in [-0.2, 0) is 17.8 Å². The molecule has 6 nitrogen and oxygen atoms in total. The SMILES string of the molecule is COc1cc(CCC(=O)NCc2ccc(OC3CCCC3)nc2)ccc1OCC(F)(F)F. The van der Waals surface area contributed by atoms with Gasteiger partial charge in [-0.1, -0.05) is 12.1 Å². The maximum Gasteiger partial charge on any atom is 0.422 e. The highest BCUT2D eigenvalue weighted by Gasteiger charge is 2.29. The molecular weight excluding hydrogens is 425 g/mol. The van der Waals surface area contributed by atoms with Crippen molar-refractivity contribution in [2.24, 2.45) is 0 Å². The molecule has 1 aromatic heterocycles. The smallest absolute Gasteiger partial charge is 0.422 e. The Hall–Kier alpha value is -2.97. The van der Waals surface area contributed by atoms with E-state index in [1.165, 1.54) is 26.0 Å². The summed E-state index contributed by atoms with van der Waals surface area (Å²) in [6.07, 6.45) is 2.65. The number of carbonyl (C=O) groups is 1. The third-order valence-corrected chi connectivity index (χ3v) is 5.14. The molecule has 0 aliphatic heterocycles. The van der Waals surface area contributed by atoms with E-state index in [1.54, 1.807) is 18.3 Å². The summed E-state index contributed by atoms with van der Waals surface area (Å²) in [7, 11) is 1.35. The number of hydrogen-bond acceptors (Lipinski definition) is 5. The van der Waals surface area contributed by atoms with E-state index in [1.807, 2.05) is 12.1 Å². The first-order valence-corrected chi connectivity index (χ1v) is 10.6. The number of benzene rings is 1. The van der Waals surface area contributed by atoms with Crippen molar-refractivity contribution >= 4 is 5.91 Å². The van der Waals surface area contributed by atoms with E-state index in [-0.39, 0.29) is 29.9 Å². The fourth-order valence-electron chi connectivity index (χ4n) is 3.46. The summed E-state index contributed by atoms with van der Waals surface area (Å²) in [5, 5.41) is 2.84. The number of hydrogen-bond donors (Lipinski definition) is 1. The zero-order valence-corrected chi connectivity index (χ0v) is 17.9. The number of halogens is 3. The van der Waals surface area contributed by atoms with Gasteiger partial charge in [0.25, 0.3) is 0 Å². The lowest BCUT2D eigenvalue weighted by Crippen LogP contribution is -2.23. The summed E-state index contributed by atoms with van der Waals surface area (Å²) in [5.41, 5.74) is 1.62. The van der Waals surface area contributed by atoms with E-state index in [0.717, 1.165) is 24.0 Å². The van der Waals surface area contributed by atoms with Crippen molar-refractivity contribution < 1.29 is 32.2 Å². The van der Waals surface area contributed by atoms with Gasteiger partial charge in [-0.05, 0) is 55.4 Å². The zero-order valence-electron chi connectivity index (χ0n) is 17.9. The van der Waals surface area contributed by atoms with E-state index in [9.17, 15) is 18.0 Å². The zero-order chi connectivity index (χ0) is 23.0. The summed E-state index contributed by atoms with van der Waals surface area (Å²) in [4.78, 5) is 16.5. The molecule has 1 fully saturated rings. The minimum Gasteiger partial charge on any atom is -0.493 e. The number of alkyl halides is 3. The van der Waals surface area contributed by atoms with Gasteiger partial charge in [0.15, 0.2) is 18.1 Å². The predicted octanol–water partition coefficient (Wildman–Crippen LogP) is 4.60. The van der Waals surface area contributed by atoms with Crippen LogP contribution in [0.25, 0.3) is 0 Å². The average Bonchev–Trinajstić information content (AvgIpc) is 3.28. The number of pyridine rings is 1. The number of methoxy groups -OCH3 is 1. The maximum absolute atomic E-state index is 12.3. The summed E-state index contributed by atoms with van der Waals surface area (Å²) in [6, 6.07) is 8.30. The number of nitrogens with one attached hydrogen (secondary N) is 1. The highest BCUT2D eigenvalue weighted by atomic mass is 19.4. The summed E-state index contributed by atoms with van der Waals surface area (Å²) in [5.74, 6) is 0.653. The normalized spacial score (nSPS) is 14.2. The molecule has 1 heterocycles. The molecule has 1 aromatic carbocycles. The van der Waals surface area contributed by atoms with Gasteiger partial charge in [0.2, 0.25) is 11.8 Å². The van der Waals surface area contributed by atoms with Crippen molar-refractivity contribution in [1.29, 1.82) is 0 Å². The molecule has 0 atom stereocenters. The van der Waals surface area contributed by atoms with Crippen molar-refractivity contribution in [3.8, 4) is 17.4 Å². The Morgan fingerprint density at radius 3 is 2.53 bits per heavy atom. The number of carbonyl (C=O) groups excluding carboxylic acids is 1. The lowest BCUT2D eigenvalue weighted by molar-refractivity contribution is -0.153. The molecule has 0 spiro atoms. The van der Waals surface area contributed by atoms with Crippen LogP contribution in [0.2, 0.25) is 0 Å². The Labute approximate surface area is 185 Å².